The fourth-order valence-electron chi connectivity index (χ4n) is 10.5. The monoisotopic (exact) mass is 1020 g/mol. The first-order valence-electron chi connectivity index (χ1n) is 21.2. The summed E-state index contributed by atoms with van der Waals surface area (Å²) in [6.45, 7) is 2.13. The van der Waals surface area contributed by atoms with Gasteiger partial charge in [0.2, 0.25) is 11.6 Å². The number of Topliss-reactive ketones (excluding diaryl/α,β-unsaturated/α-hetero) is 2. The van der Waals surface area contributed by atoms with Crippen LogP contribution >= 0.6 is 45.2 Å². The Morgan fingerprint density at radius 3 is 1.51 bits per heavy atom. The molecule has 4 heterocycles. The highest BCUT2D eigenvalue weighted by molar-refractivity contribution is 14.1. The third-order valence-electron chi connectivity index (χ3n) is 13.2. The van der Waals surface area contributed by atoms with Crippen LogP contribution in [0.5, 0.6) is 11.5 Å². The summed E-state index contributed by atoms with van der Waals surface area (Å²) in [6.07, 6.45) is 11.2. The molecule has 6 aliphatic rings. The first-order chi connectivity index (χ1) is 29.8. The summed E-state index contributed by atoms with van der Waals surface area (Å²) in [5.41, 5.74) is 12.6. The molecule has 6 aromatic carbocycles. The van der Waals surface area contributed by atoms with E-state index in [2.05, 4.69) is 153 Å². The molecule has 0 spiro atoms. The second kappa shape index (κ2) is 15.6. The average Bonchev–Trinajstić information content (AvgIpc) is 4.13. The molecule has 12 rings (SSSR count). The fourth-order valence-corrected chi connectivity index (χ4v) is 11.5. The van der Waals surface area contributed by atoms with E-state index in [0.717, 1.165) is 18.3 Å². The Morgan fingerprint density at radius 2 is 1.02 bits per heavy atom. The molecule has 302 valence electrons. The highest BCUT2D eigenvalue weighted by Gasteiger charge is 2.43. The van der Waals surface area contributed by atoms with Crippen molar-refractivity contribution in [2.75, 3.05) is 9.80 Å². The summed E-state index contributed by atoms with van der Waals surface area (Å²) in [7, 11) is 0. The van der Waals surface area contributed by atoms with Crippen LogP contribution in [0.25, 0.3) is 12.2 Å². The molecular weight excluding hydrogens is 982 g/mol. The van der Waals surface area contributed by atoms with Crippen LogP contribution in [0, 0.1) is 14.1 Å². The van der Waals surface area contributed by atoms with E-state index in [1.807, 2.05) is 48.6 Å². The minimum Gasteiger partial charge on any atom is -0.452 e. The minimum atomic E-state index is -0.0336. The molecule has 8 heteroatoms. The summed E-state index contributed by atoms with van der Waals surface area (Å²) in [5, 5.41) is 0. The van der Waals surface area contributed by atoms with Gasteiger partial charge in [-0.15, -0.1) is 0 Å². The van der Waals surface area contributed by atoms with E-state index in [-0.39, 0.29) is 11.6 Å². The predicted octanol–water partition coefficient (Wildman–Crippen LogP) is 13.7. The van der Waals surface area contributed by atoms with E-state index < -0.39 is 0 Å². The zero-order valence-electron chi connectivity index (χ0n) is 33.6. The lowest BCUT2D eigenvalue weighted by Crippen LogP contribution is -2.26. The van der Waals surface area contributed by atoms with Crippen molar-refractivity contribution in [2.24, 2.45) is 0 Å². The molecule has 6 nitrogen and oxygen atoms in total. The van der Waals surface area contributed by atoms with E-state index >= 15 is 0 Å². The van der Waals surface area contributed by atoms with Gasteiger partial charge in [0.1, 0.15) is 11.5 Å². The molecule has 2 fully saturated rings. The number of ketones is 2. The Morgan fingerprint density at radius 1 is 0.541 bits per heavy atom. The van der Waals surface area contributed by atoms with Gasteiger partial charge in [-0.1, -0.05) is 60.9 Å². The Hall–Kier alpha value is -5.20. The highest BCUT2D eigenvalue weighted by Crippen LogP contribution is 2.54. The Kier molecular flexibility index (Phi) is 9.90. The summed E-state index contributed by atoms with van der Waals surface area (Å²) in [6, 6.07) is 45.2. The van der Waals surface area contributed by atoms with Crippen molar-refractivity contribution in [2.45, 2.75) is 69.4 Å². The van der Waals surface area contributed by atoms with Gasteiger partial charge in [0.15, 0.2) is 11.5 Å². The second-order valence-corrected chi connectivity index (χ2v) is 19.4. The predicted molar refractivity (Wildman–Crippen MR) is 260 cm³/mol. The number of hydrogen-bond acceptors (Lipinski definition) is 6. The summed E-state index contributed by atoms with van der Waals surface area (Å²) in [4.78, 5) is 30.7. The first kappa shape index (κ1) is 38.7. The number of carbonyl (C=O) groups is 2. The van der Waals surface area contributed by atoms with Gasteiger partial charge in [-0.05, 0) is 197 Å². The van der Waals surface area contributed by atoms with Crippen molar-refractivity contribution in [1.29, 1.82) is 0 Å². The number of allylic oxidation sites excluding steroid dienone is 2. The lowest BCUT2D eigenvalue weighted by molar-refractivity contribution is 0.101. The van der Waals surface area contributed by atoms with Crippen molar-refractivity contribution in [3.63, 3.8) is 0 Å². The van der Waals surface area contributed by atoms with Crippen LogP contribution in [-0.2, 0) is 0 Å². The zero-order chi connectivity index (χ0) is 41.4. The highest BCUT2D eigenvalue weighted by atomic mass is 127. The molecule has 0 radical (unpaired) electrons. The van der Waals surface area contributed by atoms with E-state index in [1.165, 1.54) is 78.0 Å². The Bertz CT molecular complexity index is 2830. The third-order valence-corrected chi connectivity index (χ3v) is 14.6. The van der Waals surface area contributed by atoms with E-state index in [1.54, 1.807) is 0 Å². The average molecular weight is 1020 g/mol. The number of aryl methyl sites for hydroxylation is 1. The second-order valence-electron chi connectivity index (χ2n) is 16.9. The van der Waals surface area contributed by atoms with Gasteiger partial charge in [-0.25, -0.2) is 0 Å². The van der Waals surface area contributed by atoms with Crippen LogP contribution in [0.1, 0.15) is 98.9 Å². The van der Waals surface area contributed by atoms with Crippen molar-refractivity contribution >= 4 is 91.6 Å². The third kappa shape index (κ3) is 6.90. The summed E-state index contributed by atoms with van der Waals surface area (Å²) in [5.74, 6) is 3.16. The molecule has 2 aliphatic carbocycles. The molecule has 2 saturated carbocycles. The molecule has 0 amide bonds. The number of carbonyl (C=O) groups excluding carboxylic acids is 2. The van der Waals surface area contributed by atoms with Gasteiger partial charge in [0.05, 0.1) is 11.1 Å². The normalized spacial score (nSPS) is 22.6. The van der Waals surface area contributed by atoms with Crippen LogP contribution in [0.3, 0.4) is 0 Å². The molecule has 0 saturated heterocycles. The number of ether oxygens (including phenoxy) is 2. The number of fused-ring (bicyclic) bond motifs is 8. The maximum atomic E-state index is 12.8. The van der Waals surface area contributed by atoms with Crippen molar-refractivity contribution in [1.82, 2.24) is 0 Å². The maximum absolute atomic E-state index is 12.8. The molecule has 0 N–H and O–H groups in total. The molecule has 0 aromatic heterocycles. The van der Waals surface area contributed by atoms with Gasteiger partial charge in [0.25, 0.3) is 0 Å². The number of benzene rings is 6. The molecule has 6 aromatic rings. The lowest BCUT2D eigenvalue weighted by Gasteiger charge is -2.27. The molecule has 0 bridgehead atoms. The topological polar surface area (TPSA) is 59.1 Å². The molecule has 4 unspecified atom stereocenters. The zero-order valence-corrected chi connectivity index (χ0v) is 37.9. The van der Waals surface area contributed by atoms with Gasteiger partial charge in [-0.2, -0.15) is 0 Å². The number of halogens is 2. The van der Waals surface area contributed by atoms with Gasteiger partial charge in [-0.3, -0.25) is 9.59 Å². The molecule has 61 heavy (non-hydrogen) atoms. The van der Waals surface area contributed by atoms with E-state index in [4.69, 9.17) is 9.47 Å². The van der Waals surface area contributed by atoms with Gasteiger partial charge >= 0.3 is 0 Å². The van der Waals surface area contributed by atoms with Gasteiger partial charge < -0.3 is 19.3 Å². The maximum Gasteiger partial charge on any atom is 0.232 e. The van der Waals surface area contributed by atoms with Crippen molar-refractivity contribution < 1.29 is 19.1 Å². The number of rotatable bonds is 4. The SMILES string of the molecule is Cc1ccc(N2c3ccc(/C=C4\Oc5ccc(I)cc5C4=O)cc3C3CCCC32)cc1.O=C1/C(=C/c2ccc3c(c2)C2CCCC2N3c2ccccc2)Oc2ccc(I)cc21. The number of anilines is 4. The smallest absolute Gasteiger partial charge is 0.232 e. The summed E-state index contributed by atoms with van der Waals surface area (Å²) < 4.78 is 13.8. The van der Waals surface area contributed by atoms with Crippen LogP contribution in [0.2, 0.25) is 0 Å². The standard InChI is InChI=1S/C27H22INO2.C26H20INO2/c1-16-5-9-19(10-6-16)29-23-4-2-3-20(23)21-13-17(7-11-24(21)29)14-26-27(30)22-15-18(28)8-12-25(22)31-26;27-17-10-12-24-21(15-17)26(29)25(30-24)14-16-9-11-23-20(13-16)19-7-4-8-22(19)28(23)18-5-2-1-3-6-18/h5-15,20,23H,2-4H2,1H3;1-3,5-6,9-15,19,22H,4,7-8H2/b26-14-;25-14-. The van der Waals surface area contributed by atoms with Crippen LogP contribution in [-0.4, -0.2) is 23.7 Å². The van der Waals surface area contributed by atoms with Crippen LogP contribution < -0.4 is 19.3 Å². The van der Waals surface area contributed by atoms with Crippen molar-refractivity contribution in [3.05, 3.63) is 185 Å². The minimum absolute atomic E-state index is 0.0333. The van der Waals surface area contributed by atoms with E-state index in [9.17, 15) is 9.59 Å². The lowest BCUT2D eigenvalue weighted by atomic mass is 9.95. The fraction of sp³-hybridized carbons (Fsp3) is 0.208. The Balaban J connectivity index is 0.000000138. The summed E-state index contributed by atoms with van der Waals surface area (Å²) >= 11 is 4.45. The largest absolute Gasteiger partial charge is 0.452 e. The molecule has 4 aliphatic heterocycles. The van der Waals surface area contributed by atoms with Crippen LogP contribution in [0.15, 0.2) is 139 Å². The van der Waals surface area contributed by atoms with E-state index in [0.29, 0.717) is 58.1 Å². The molecular formula is C53H42I2N2O4. The first-order valence-corrected chi connectivity index (χ1v) is 23.4. The Labute approximate surface area is 383 Å². The van der Waals surface area contributed by atoms with Crippen LogP contribution in [0.4, 0.5) is 22.7 Å². The quantitative estimate of drug-likeness (QED) is 0.130. The molecule has 4 atom stereocenters. The number of para-hydroxylation sites is 1. The number of nitrogens with zero attached hydrogens (tertiary/aromatic N) is 2. The van der Waals surface area contributed by atoms with Gasteiger partial charge in [0, 0.05) is 53.8 Å². The number of hydrogen-bond donors (Lipinski definition) is 0. The van der Waals surface area contributed by atoms with Crippen molar-refractivity contribution in [3.8, 4) is 11.5 Å².